The van der Waals surface area contributed by atoms with E-state index in [0.29, 0.717) is 22.4 Å². The molecule has 0 unspecified atom stereocenters. The highest BCUT2D eigenvalue weighted by Crippen LogP contribution is 2.18. The molecule has 1 aromatic rings. The van der Waals surface area contributed by atoms with Crippen molar-refractivity contribution in [2.24, 2.45) is 0 Å². The molecular formula is C17H20N2O5S2. The lowest BCUT2D eigenvalue weighted by Gasteiger charge is -2.15. The van der Waals surface area contributed by atoms with Gasteiger partial charge in [0.1, 0.15) is 10.1 Å². The van der Waals surface area contributed by atoms with E-state index in [1.165, 1.54) is 16.7 Å². The van der Waals surface area contributed by atoms with E-state index in [4.69, 9.17) is 21.7 Å². The fourth-order valence-electron chi connectivity index (χ4n) is 2.30. The number of carbonyl (C=O) groups is 3. The van der Waals surface area contributed by atoms with Crippen molar-refractivity contribution in [1.29, 1.82) is 0 Å². The maximum absolute atomic E-state index is 11.7. The lowest BCUT2D eigenvalue weighted by atomic mass is 10.1. The van der Waals surface area contributed by atoms with Crippen molar-refractivity contribution in [2.75, 3.05) is 32.1 Å². The Balaban J connectivity index is 1.63. The molecule has 1 fully saturated rings. The van der Waals surface area contributed by atoms with Gasteiger partial charge in [0.15, 0.2) is 13.2 Å². The molecule has 0 aliphatic carbocycles. The number of rotatable bonds is 8. The second-order valence-corrected chi connectivity index (χ2v) is 7.33. The number of hydrogen-bond donors (Lipinski definition) is 1. The molecule has 0 saturated carbocycles. The Morgan fingerprint density at radius 3 is 2.54 bits per heavy atom. The molecule has 140 valence electrons. The first-order valence-corrected chi connectivity index (χ1v) is 9.35. The zero-order valence-corrected chi connectivity index (χ0v) is 16.2. The normalized spacial score (nSPS) is 13.7. The summed E-state index contributed by atoms with van der Waals surface area (Å²) in [6, 6.07) is 5.63. The van der Waals surface area contributed by atoms with E-state index < -0.39 is 18.5 Å². The van der Waals surface area contributed by atoms with Gasteiger partial charge in [-0.2, -0.15) is 0 Å². The third-order valence-corrected chi connectivity index (χ3v) is 4.85. The van der Waals surface area contributed by atoms with Gasteiger partial charge in [-0.3, -0.25) is 14.5 Å². The van der Waals surface area contributed by atoms with Crippen molar-refractivity contribution in [3.8, 4) is 5.75 Å². The first kappa shape index (κ1) is 20.2. The number of benzene rings is 1. The van der Waals surface area contributed by atoms with E-state index >= 15 is 0 Å². The van der Waals surface area contributed by atoms with Crippen molar-refractivity contribution in [2.45, 2.75) is 13.8 Å². The van der Waals surface area contributed by atoms with Crippen LogP contribution < -0.4 is 10.1 Å². The SMILES string of the molecule is Cc1cc(C)cc(OCC(=O)OCC(=O)NCCN2C(=O)CSC2=S)c1. The van der Waals surface area contributed by atoms with Crippen molar-refractivity contribution in [3.63, 3.8) is 0 Å². The number of ether oxygens (including phenoxy) is 2. The molecule has 2 amide bonds. The summed E-state index contributed by atoms with van der Waals surface area (Å²) in [6.45, 7) is 3.74. The Kier molecular flexibility index (Phi) is 7.40. The van der Waals surface area contributed by atoms with Crippen LogP contribution in [0.5, 0.6) is 5.75 Å². The zero-order valence-electron chi connectivity index (χ0n) is 14.6. The maximum Gasteiger partial charge on any atom is 0.344 e. The highest BCUT2D eigenvalue weighted by Gasteiger charge is 2.25. The van der Waals surface area contributed by atoms with E-state index in [0.717, 1.165) is 11.1 Å². The summed E-state index contributed by atoms with van der Waals surface area (Å²) in [6.07, 6.45) is 0. The predicted molar refractivity (Wildman–Crippen MR) is 102 cm³/mol. The molecule has 0 atom stereocenters. The van der Waals surface area contributed by atoms with Crippen molar-refractivity contribution in [3.05, 3.63) is 29.3 Å². The van der Waals surface area contributed by atoms with Crippen LogP contribution in [0.15, 0.2) is 18.2 Å². The van der Waals surface area contributed by atoms with Gasteiger partial charge < -0.3 is 14.8 Å². The molecular weight excluding hydrogens is 376 g/mol. The smallest absolute Gasteiger partial charge is 0.344 e. The van der Waals surface area contributed by atoms with Crippen LogP contribution in [0, 0.1) is 13.8 Å². The maximum atomic E-state index is 11.7. The summed E-state index contributed by atoms with van der Waals surface area (Å²) in [5.41, 5.74) is 2.06. The molecule has 0 radical (unpaired) electrons. The topological polar surface area (TPSA) is 84.9 Å². The minimum atomic E-state index is -0.633. The summed E-state index contributed by atoms with van der Waals surface area (Å²) in [5.74, 6) is -0.232. The lowest BCUT2D eigenvalue weighted by molar-refractivity contribution is -0.150. The van der Waals surface area contributed by atoms with Gasteiger partial charge in [0, 0.05) is 13.1 Å². The number of aryl methyl sites for hydroxylation is 2. The Bertz CT molecular complexity index is 687. The van der Waals surface area contributed by atoms with Crippen LogP contribution in [0.4, 0.5) is 0 Å². The molecule has 1 aliphatic heterocycles. The average molecular weight is 396 g/mol. The van der Waals surface area contributed by atoms with Crippen molar-refractivity contribution >= 4 is 46.1 Å². The summed E-state index contributed by atoms with van der Waals surface area (Å²) in [4.78, 5) is 36.3. The van der Waals surface area contributed by atoms with Crippen molar-refractivity contribution in [1.82, 2.24) is 10.2 Å². The summed E-state index contributed by atoms with van der Waals surface area (Å²) >= 11 is 6.34. The minimum Gasteiger partial charge on any atom is -0.482 e. The quantitative estimate of drug-likeness (QED) is 0.522. The van der Waals surface area contributed by atoms with E-state index in [9.17, 15) is 14.4 Å². The van der Waals surface area contributed by atoms with Gasteiger partial charge in [0.05, 0.1) is 5.75 Å². The standard InChI is InChI=1S/C17H20N2O5S2/c1-11-5-12(2)7-13(6-11)23-9-16(22)24-8-14(20)18-3-4-19-15(21)10-26-17(19)25/h5-7H,3-4,8-10H2,1-2H3,(H,18,20). The summed E-state index contributed by atoms with van der Waals surface area (Å²) in [7, 11) is 0. The van der Waals surface area contributed by atoms with Crippen molar-refractivity contribution < 1.29 is 23.9 Å². The molecule has 26 heavy (non-hydrogen) atoms. The molecule has 1 aromatic carbocycles. The summed E-state index contributed by atoms with van der Waals surface area (Å²) in [5, 5.41) is 2.57. The predicted octanol–water partition coefficient (Wildman–Crippen LogP) is 1.20. The molecule has 9 heteroatoms. The molecule has 2 rings (SSSR count). The number of hydrogen-bond acceptors (Lipinski definition) is 7. The van der Waals surface area contributed by atoms with E-state index in [1.54, 1.807) is 0 Å². The number of nitrogens with one attached hydrogen (secondary N) is 1. The molecule has 7 nitrogen and oxygen atoms in total. The van der Waals surface area contributed by atoms with Crippen LogP contribution in [0.1, 0.15) is 11.1 Å². The molecule has 0 bridgehead atoms. The van der Waals surface area contributed by atoms with Crippen LogP contribution in [0.3, 0.4) is 0 Å². The number of carbonyl (C=O) groups excluding carboxylic acids is 3. The van der Waals surface area contributed by atoms with Gasteiger partial charge in [-0.1, -0.05) is 30.0 Å². The fraction of sp³-hybridized carbons (Fsp3) is 0.412. The Morgan fingerprint density at radius 1 is 1.23 bits per heavy atom. The number of thioether (sulfide) groups is 1. The monoisotopic (exact) mass is 396 g/mol. The van der Waals surface area contributed by atoms with Crippen LogP contribution in [0.25, 0.3) is 0 Å². The number of esters is 1. The summed E-state index contributed by atoms with van der Waals surface area (Å²) < 4.78 is 10.7. The minimum absolute atomic E-state index is 0.0655. The highest BCUT2D eigenvalue weighted by molar-refractivity contribution is 8.23. The molecule has 1 heterocycles. The molecule has 1 aliphatic rings. The van der Waals surface area contributed by atoms with Crippen LogP contribution >= 0.6 is 24.0 Å². The van der Waals surface area contributed by atoms with Gasteiger partial charge in [-0.15, -0.1) is 0 Å². The van der Waals surface area contributed by atoms with Gasteiger partial charge in [0.2, 0.25) is 5.91 Å². The van der Waals surface area contributed by atoms with Gasteiger partial charge in [-0.25, -0.2) is 4.79 Å². The second-order valence-electron chi connectivity index (χ2n) is 5.72. The largest absolute Gasteiger partial charge is 0.482 e. The van der Waals surface area contributed by atoms with Crippen LogP contribution in [-0.4, -0.2) is 59.1 Å². The van der Waals surface area contributed by atoms with Crippen LogP contribution in [-0.2, 0) is 19.1 Å². The molecule has 1 N–H and O–H groups in total. The van der Waals surface area contributed by atoms with E-state index in [2.05, 4.69) is 5.32 Å². The van der Waals surface area contributed by atoms with Gasteiger partial charge in [0.25, 0.3) is 5.91 Å². The number of thiocarbonyl (C=S) groups is 1. The first-order chi connectivity index (χ1) is 12.3. The average Bonchev–Trinajstić information content (AvgIpc) is 2.89. The zero-order chi connectivity index (χ0) is 19.1. The number of nitrogens with zero attached hydrogens (tertiary/aromatic N) is 1. The first-order valence-electron chi connectivity index (χ1n) is 7.95. The van der Waals surface area contributed by atoms with Gasteiger partial charge in [-0.05, 0) is 37.1 Å². The third-order valence-electron chi connectivity index (χ3n) is 3.41. The lowest BCUT2D eigenvalue weighted by Crippen LogP contribution is -2.38. The number of amides is 2. The Labute approximate surface area is 161 Å². The fourth-order valence-corrected chi connectivity index (χ4v) is 3.42. The molecule has 0 aromatic heterocycles. The Hall–Kier alpha value is -2.13. The Morgan fingerprint density at radius 2 is 1.92 bits per heavy atom. The van der Waals surface area contributed by atoms with Crippen LogP contribution in [0.2, 0.25) is 0 Å². The van der Waals surface area contributed by atoms with Gasteiger partial charge >= 0.3 is 5.97 Å². The third kappa shape index (κ3) is 6.30. The second kappa shape index (κ2) is 9.54. The molecule has 1 saturated heterocycles. The molecule has 0 spiro atoms. The van der Waals surface area contributed by atoms with E-state index in [1.807, 2.05) is 32.0 Å². The van der Waals surface area contributed by atoms with E-state index in [-0.39, 0.29) is 19.1 Å². The highest BCUT2D eigenvalue weighted by atomic mass is 32.2.